The minimum absolute atomic E-state index is 0.0183. The van der Waals surface area contributed by atoms with E-state index < -0.39 is 22.5 Å². The molecule has 0 heterocycles. The van der Waals surface area contributed by atoms with Gasteiger partial charge in [0.25, 0.3) is 0 Å². The first-order valence-electron chi connectivity index (χ1n) is 4.88. The number of aryl methyl sites for hydroxylation is 1. The SMILES string of the molecule is COc1cc(C)cc2c1C(=O)C([N+](=O)[O-])C2=O. The predicted molar refractivity (Wildman–Crippen MR) is 57.2 cm³/mol. The Labute approximate surface area is 96.3 Å². The van der Waals surface area contributed by atoms with E-state index in [0.29, 0.717) is 5.56 Å². The Bertz CT molecular complexity index is 549. The quantitative estimate of drug-likeness (QED) is 0.434. The van der Waals surface area contributed by atoms with E-state index in [2.05, 4.69) is 0 Å². The molecular formula is C11H9NO5. The molecule has 6 nitrogen and oxygen atoms in total. The number of nitro groups is 1. The summed E-state index contributed by atoms with van der Waals surface area (Å²) < 4.78 is 4.99. The summed E-state index contributed by atoms with van der Waals surface area (Å²) in [5.41, 5.74) is 0.809. The zero-order valence-electron chi connectivity index (χ0n) is 9.22. The third kappa shape index (κ3) is 1.49. The van der Waals surface area contributed by atoms with E-state index in [1.165, 1.54) is 13.2 Å². The molecule has 0 fully saturated rings. The lowest BCUT2D eigenvalue weighted by molar-refractivity contribution is -0.488. The first-order valence-corrected chi connectivity index (χ1v) is 4.88. The standard InChI is InChI=1S/C11H9NO5/c1-5-3-6-8(7(4-5)17-2)11(14)9(10(6)13)12(15)16/h3-4,9H,1-2H3. The lowest BCUT2D eigenvalue weighted by Gasteiger charge is -2.05. The Morgan fingerprint density at radius 3 is 2.47 bits per heavy atom. The smallest absolute Gasteiger partial charge is 0.336 e. The van der Waals surface area contributed by atoms with Gasteiger partial charge >= 0.3 is 6.04 Å². The van der Waals surface area contributed by atoms with Gasteiger partial charge in [0.15, 0.2) is 0 Å². The van der Waals surface area contributed by atoms with Crippen molar-refractivity contribution >= 4 is 11.6 Å². The number of hydrogen-bond acceptors (Lipinski definition) is 5. The summed E-state index contributed by atoms with van der Waals surface area (Å²) >= 11 is 0. The summed E-state index contributed by atoms with van der Waals surface area (Å²) in [6.45, 7) is 1.72. The molecule has 0 saturated heterocycles. The van der Waals surface area contributed by atoms with Gasteiger partial charge in [0.1, 0.15) is 5.75 Å². The second-order valence-corrected chi connectivity index (χ2v) is 3.81. The average Bonchev–Trinajstić information content (AvgIpc) is 2.50. The molecule has 1 aromatic rings. The highest BCUT2D eigenvalue weighted by molar-refractivity contribution is 6.29. The van der Waals surface area contributed by atoms with Crippen molar-refractivity contribution < 1.29 is 19.2 Å². The first kappa shape index (κ1) is 11.3. The van der Waals surface area contributed by atoms with Crippen molar-refractivity contribution in [2.24, 2.45) is 0 Å². The Kier molecular flexibility index (Phi) is 2.42. The molecule has 0 bridgehead atoms. The fourth-order valence-electron chi connectivity index (χ4n) is 1.96. The van der Waals surface area contributed by atoms with E-state index in [4.69, 9.17) is 4.74 Å². The van der Waals surface area contributed by atoms with Crippen molar-refractivity contribution in [3.63, 3.8) is 0 Å². The molecule has 1 atom stereocenters. The number of rotatable bonds is 2. The number of benzene rings is 1. The number of carbonyl (C=O) groups excluding carboxylic acids is 2. The molecule has 0 aromatic heterocycles. The van der Waals surface area contributed by atoms with Crippen molar-refractivity contribution in [2.75, 3.05) is 7.11 Å². The van der Waals surface area contributed by atoms with E-state index >= 15 is 0 Å². The van der Waals surface area contributed by atoms with Crippen LogP contribution in [0.25, 0.3) is 0 Å². The highest BCUT2D eigenvalue weighted by atomic mass is 16.6. The van der Waals surface area contributed by atoms with Crippen LogP contribution in [0.15, 0.2) is 12.1 Å². The van der Waals surface area contributed by atoms with Crippen LogP contribution in [0, 0.1) is 17.0 Å². The zero-order valence-corrected chi connectivity index (χ0v) is 9.22. The van der Waals surface area contributed by atoms with E-state index in [0.717, 1.165) is 0 Å². The number of carbonyl (C=O) groups is 2. The summed E-state index contributed by atoms with van der Waals surface area (Å²) in [5, 5.41) is 10.7. The van der Waals surface area contributed by atoms with Crippen molar-refractivity contribution in [1.82, 2.24) is 0 Å². The Hall–Kier alpha value is -2.24. The van der Waals surface area contributed by atoms with Gasteiger partial charge in [-0.2, -0.15) is 0 Å². The number of Topliss-reactive ketones (excluding diaryl/α,β-unsaturated/α-hetero) is 2. The molecule has 6 heteroatoms. The van der Waals surface area contributed by atoms with Crippen LogP contribution in [0.5, 0.6) is 5.75 Å². The van der Waals surface area contributed by atoms with Crippen LogP contribution in [0.2, 0.25) is 0 Å². The molecular weight excluding hydrogens is 226 g/mol. The van der Waals surface area contributed by atoms with E-state index in [9.17, 15) is 19.7 Å². The van der Waals surface area contributed by atoms with Gasteiger partial charge in [0.2, 0.25) is 11.6 Å². The van der Waals surface area contributed by atoms with Gasteiger partial charge in [-0.1, -0.05) is 0 Å². The second kappa shape index (κ2) is 3.65. The summed E-state index contributed by atoms with van der Waals surface area (Å²) in [4.78, 5) is 33.4. The predicted octanol–water partition coefficient (Wildman–Crippen LogP) is 1.03. The number of hydrogen-bond donors (Lipinski definition) is 0. The number of methoxy groups -OCH3 is 1. The summed E-state index contributed by atoms with van der Waals surface area (Å²) in [7, 11) is 1.35. The maximum atomic E-state index is 11.8. The van der Waals surface area contributed by atoms with Crippen molar-refractivity contribution in [3.05, 3.63) is 38.9 Å². The molecule has 0 radical (unpaired) electrons. The van der Waals surface area contributed by atoms with Crippen LogP contribution in [-0.2, 0) is 0 Å². The average molecular weight is 235 g/mol. The fraction of sp³-hybridized carbons (Fsp3) is 0.273. The lowest BCUT2D eigenvalue weighted by Crippen LogP contribution is -2.31. The number of ether oxygens (including phenoxy) is 1. The fourth-order valence-corrected chi connectivity index (χ4v) is 1.96. The highest BCUT2D eigenvalue weighted by Crippen LogP contribution is 2.32. The van der Waals surface area contributed by atoms with Crippen molar-refractivity contribution in [2.45, 2.75) is 13.0 Å². The molecule has 88 valence electrons. The summed E-state index contributed by atoms with van der Waals surface area (Å²) in [6, 6.07) is 1.23. The largest absolute Gasteiger partial charge is 0.496 e. The molecule has 1 aliphatic carbocycles. The van der Waals surface area contributed by atoms with Crippen molar-refractivity contribution in [1.29, 1.82) is 0 Å². The molecule has 0 amide bonds. The molecule has 1 unspecified atom stereocenters. The van der Waals surface area contributed by atoms with Crippen LogP contribution in [-0.4, -0.2) is 29.6 Å². The van der Waals surface area contributed by atoms with Crippen molar-refractivity contribution in [3.8, 4) is 5.75 Å². The monoisotopic (exact) mass is 235 g/mol. The van der Waals surface area contributed by atoms with Gasteiger partial charge in [0, 0.05) is 10.5 Å². The third-order valence-corrected chi connectivity index (χ3v) is 2.69. The van der Waals surface area contributed by atoms with Gasteiger partial charge in [-0.05, 0) is 24.6 Å². The number of nitrogens with zero attached hydrogens (tertiary/aromatic N) is 1. The maximum Gasteiger partial charge on any atom is 0.336 e. The normalized spacial score (nSPS) is 18.1. The highest BCUT2D eigenvalue weighted by Gasteiger charge is 2.49. The lowest BCUT2D eigenvalue weighted by atomic mass is 10.1. The van der Waals surface area contributed by atoms with Gasteiger partial charge < -0.3 is 4.74 Å². The van der Waals surface area contributed by atoms with E-state index in [1.807, 2.05) is 0 Å². The topological polar surface area (TPSA) is 86.5 Å². The van der Waals surface area contributed by atoms with Gasteiger partial charge in [-0.25, -0.2) is 0 Å². The molecule has 1 aliphatic rings. The van der Waals surface area contributed by atoms with E-state index in [-0.39, 0.29) is 16.9 Å². The first-order chi connectivity index (χ1) is 7.97. The van der Waals surface area contributed by atoms with Crippen LogP contribution in [0.1, 0.15) is 26.3 Å². The molecule has 0 spiro atoms. The molecule has 1 aromatic carbocycles. The molecule has 0 N–H and O–H groups in total. The Morgan fingerprint density at radius 2 is 1.94 bits per heavy atom. The van der Waals surface area contributed by atoms with Crippen LogP contribution in [0.4, 0.5) is 0 Å². The van der Waals surface area contributed by atoms with Gasteiger partial charge in [-0.15, -0.1) is 0 Å². The van der Waals surface area contributed by atoms with Gasteiger partial charge in [0.05, 0.1) is 12.7 Å². The van der Waals surface area contributed by atoms with E-state index in [1.54, 1.807) is 13.0 Å². The number of fused-ring (bicyclic) bond motifs is 1. The third-order valence-electron chi connectivity index (χ3n) is 2.69. The Balaban J connectivity index is 2.69. The van der Waals surface area contributed by atoms with Gasteiger partial charge in [-0.3, -0.25) is 19.7 Å². The molecule has 0 saturated carbocycles. The summed E-state index contributed by atoms with van der Waals surface area (Å²) in [5.74, 6) is -1.36. The Morgan fingerprint density at radius 1 is 1.29 bits per heavy atom. The second-order valence-electron chi connectivity index (χ2n) is 3.81. The van der Waals surface area contributed by atoms with Crippen LogP contribution >= 0.6 is 0 Å². The zero-order chi connectivity index (χ0) is 12.7. The minimum Gasteiger partial charge on any atom is -0.496 e. The maximum absolute atomic E-state index is 11.8. The number of ketones is 2. The summed E-state index contributed by atoms with van der Waals surface area (Å²) in [6.07, 6.45) is 0. The molecule has 17 heavy (non-hydrogen) atoms. The van der Waals surface area contributed by atoms with Crippen LogP contribution < -0.4 is 4.74 Å². The minimum atomic E-state index is -1.82. The molecule has 2 rings (SSSR count). The van der Waals surface area contributed by atoms with Crippen LogP contribution in [0.3, 0.4) is 0 Å². The molecule has 0 aliphatic heterocycles.